The molecule has 2 aromatic carbocycles. The van der Waals surface area contributed by atoms with Crippen LogP contribution in [0.5, 0.6) is 5.75 Å². The van der Waals surface area contributed by atoms with E-state index in [2.05, 4.69) is 5.32 Å². The Bertz CT molecular complexity index is 949. The highest BCUT2D eigenvalue weighted by atomic mass is 35.5. The first-order valence-electron chi connectivity index (χ1n) is 8.53. The van der Waals surface area contributed by atoms with Crippen LogP contribution in [0, 0.1) is 5.92 Å². The van der Waals surface area contributed by atoms with Gasteiger partial charge in [-0.05, 0) is 41.8 Å². The molecule has 2 rings (SSSR count). The first-order valence-corrected chi connectivity index (χ1v) is 11.1. The van der Waals surface area contributed by atoms with Crippen molar-refractivity contribution in [2.24, 2.45) is 5.92 Å². The molecule has 0 radical (unpaired) electrons. The molecule has 2 aromatic rings. The fourth-order valence-electron chi connectivity index (χ4n) is 2.54. The molecule has 0 atom stereocenters. The van der Waals surface area contributed by atoms with Crippen molar-refractivity contribution in [2.75, 3.05) is 18.1 Å². The number of urea groups is 1. The van der Waals surface area contributed by atoms with E-state index in [1.54, 1.807) is 47.4 Å². The highest BCUT2D eigenvalue weighted by Gasteiger charge is 2.17. The van der Waals surface area contributed by atoms with Crippen molar-refractivity contribution < 1.29 is 17.4 Å². The van der Waals surface area contributed by atoms with E-state index in [-0.39, 0.29) is 24.2 Å². The molecule has 0 aliphatic carbocycles. The van der Waals surface area contributed by atoms with Crippen LogP contribution in [0.1, 0.15) is 19.4 Å². The number of hydrogen-bond acceptors (Lipinski definition) is 4. The standard InChI is InChI=1S/C19H22Cl2N2O4S/c1-13(2)11-23(19(24)22-18-8-7-15(20)10-17(18)21)12-14-5-4-6-16(9-14)27-28(3,25)26/h4-10,13H,11-12H2,1-3H3,(H,22,24). The van der Waals surface area contributed by atoms with Gasteiger partial charge in [-0.1, -0.05) is 49.2 Å². The Hall–Kier alpha value is -1.96. The highest BCUT2D eigenvalue weighted by Crippen LogP contribution is 2.26. The topological polar surface area (TPSA) is 75.7 Å². The summed E-state index contributed by atoms with van der Waals surface area (Å²) in [5, 5.41) is 3.60. The van der Waals surface area contributed by atoms with Gasteiger partial charge in [0.15, 0.2) is 0 Å². The fraction of sp³-hybridized carbons (Fsp3) is 0.316. The fourth-order valence-corrected chi connectivity index (χ4v) is 3.45. The van der Waals surface area contributed by atoms with Crippen molar-refractivity contribution in [3.63, 3.8) is 0 Å². The third-order valence-electron chi connectivity index (χ3n) is 3.56. The molecule has 6 nitrogen and oxygen atoms in total. The minimum atomic E-state index is -3.63. The lowest BCUT2D eigenvalue weighted by Gasteiger charge is -2.25. The summed E-state index contributed by atoms with van der Waals surface area (Å²) in [6.45, 7) is 4.77. The zero-order chi connectivity index (χ0) is 20.9. The summed E-state index contributed by atoms with van der Waals surface area (Å²) in [4.78, 5) is 14.4. The van der Waals surface area contributed by atoms with Gasteiger partial charge >= 0.3 is 16.1 Å². The van der Waals surface area contributed by atoms with Crippen LogP contribution in [0.2, 0.25) is 10.0 Å². The largest absolute Gasteiger partial charge is 0.383 e. The maximum atomic E-state index is 12.8. The maximum absolute atomic E-state index is 12.8. The number of amides is 2. The Kier molecular flexibility index (Phi) is 7.57. The molecule has 0 aliphatic heterocycles. The van der Waals surface area contributed by atoms with Crippen molar-refractivity contribution in [1.29, 1.82) is 0 Å². The van der Waals surface area contributed by atoms with E-state index in [4.69, 9.17) is 27.4 Å². The zero-order valence-corrected chi connectivity index (χ0v) is 18.1. The number of hydrogen-bond donors (Lipinski definition) is 1. The van der Waals surface area contributed by atoms with Crippen molar-refractivity contribution in [3.8, 4) is 5.75 Å². The predicted octanol–water partition coefficient (Wildman–Crippen LogP) is 5.02. The quantitative estimate of drug-likeness (QED) is 0.607. The van der Waals surface area contributed by atoms with Gasteiger partial charge in [0.2, 0.25) is 0 Å². The average Bonchev–Trinajstić information content (AvgIpc) is 2.55. The summed E-state index contributed by atoms with van der Waals surface area (Å²) in [5.41, 5.74) is 1.19. The van der Waals surface area contributed by atoms with E-state index in [9.17, 15) is 13.2 Å². The first kappa shape index (κ1) is 22.3. The molecule has 152 valence electrons. The molecular weight excluding hydrogens is 423 g/mol. The van der Waals surface area contributed by atoms with Crippen molar-refractivity contribution in [3.05, 3.63) is 58.1 Å². The monoisotopic (exact) mass is 444 g/mol. The van der Waals surface area contributed by atoms with Crippen LogP contribution in [0.4, 0.5) is 10.5 Å². The lowest BCUT2D eigenvalue weighted by Crippen LogP contribution is -2.37. The van der Waals surface area contributed by atoms with Crippen LogP contribution in [0.25, 0.3) is 0 Å². The van der Waals surface area contributed by atoms with Gasteiger partial charge in [0, 0.05) is 18.1 Å². The zero-order valence-electron chi connectivity index (χ0n) is 15.8. The number of rotatable bonds is 7. The number of halogens is 2. The second-order valence-corrected chi connectivity index (χ2v) is 9.18. The number of nitrogens with zero attached hydrogens (tertiary/aromatic N) is 1. The normalized spacial score (nSPS) is 11.4. The van der Waals surface area contributed by atoms with Crippen LogP contribution in [0.3, 0.4) is 0 Å². The van der Waals surface area contributed by atoms with Crippen LogP contribution in [-0.4, -0.2) is 32.1 Å². The van der Waals surface area contributed by atoms with Gasteiger partial charge in [0.05, 0.1) is 17.0 Å². The van der Waals surface area contributed by atoms with E-state index in [0.717, 1.165) is 11.8 Å². The molecule has 0 unspecified atom stereocenters. The Morgan fingerprint density at radius 1 is 1.18 bits per heavy atom. The summed E-state index contributed by atoms with van der Waals surface area (Å²) >= 11 is 12.0. The van der Waals surface area contributed by atoms with E-state index in [1.807, 2.05) is 13.8 Å². The molecule has 0 heterocycles. The smallest absolute Gasteiger partial charge is 0.322 e. The molecule has 0 aliphatic rings. The average molecular weight is 445 g/mol. The lowest BCUT2D eigenvalue weighted by atomic mass is 10.1. The molecule has 9 heteroatoms. The third kappa shape index (κ3) is 7.22. The number of anilines is 1. The van der Waals surface area contributed by atoms with Crippen molar-refractivity contribution in [1.82, 2.24) is 4.90 Å². The van der Waals surface area contributed by atoms with Crippen molar-refractivity contribution in [2.45, 2.75) is 20.4 Å². The van der Waals surface area contributed by atoms with Gasteiger partial charge in [0.1, 0.15) is 5.75 Å². The van der Waals surface area contributed by atoms with Crippen LogP contribution in [-0.2, 0) is 16.7 Å². The van der Waals surface area contributed by atoms with Gasteiger partial charge in [-0.15, -0.1) is 0 Å². The predicted molar refractivity (Wildman–Crippen MR) is 113 cm³/mol. The van der Waals surface area contributed by atoms with Crippen LogP contribution >= 0.6 is 23.2 Å². The van der Waals surface area contributed by atoms with Gasteiger partial charge < -0.3 is 14.4 Å². The summed E-state index contributed by atoms with van der Waals surface area (Å²) in [5.74, 6) is 0.424. The Balaban J connectivity index is 2.19. The minimum absolute atomic E-state index is 0.200. The Morgan fingerprint density at radius 3 is 2.50 bits per heavy atom. The van der Waals surface area contributed by atoms with Crippen LogP contribution < -0.4 is 9.50 Å². The molecule has 1 N–H and O–H groups in total. The highest BCUT2D eigenvalue weighted by molar-refractivity contribution is 7.86. The van der Waals surface area contributed by atoms with Gasteiger partial charge in [-0.2, -0.15) is 8.42 Å². The number of carbonyl (C=O) groups excluding carboxylic acids is 1. The number of benzene rings is 2. The van der Waals surface area contributed by atoms with Gasteiger partial charge in [-0.25, -0.2) is 4.79 Å². The van der Waals surface area contributed by atoms with E-state index >= 15 is 0 Å². The van der Waals surface area contributed by atoms with E-state index < -0.39 is 10.1 Å². The summed E-state index contributed by atoms with van der Waals surface area (Å²) in [6, 6.07) is 11.1. The molecule has 0 aromatic heterocycles. The summed E-state index contributed by atoms with van der Waals surface area (Å²) in [7, 11) is -3.63. The maximum Gasteiger partial charge on any atom is 0.322 e. The SMILES string of the molecule is CC(C)CN(Cc1cccc(OS(C)(=O)=O)c1)C(=O)Nc1ccc(Cl)cc1Cl. The third-order valence-corrected chi connectivity index (χ3v) is 4.61. The van der Waals surface area contributed by atoms with E-state index in [0.29, 0.717) is 22.3 Å². The molecule has 0 bridgehead atoms. The molecule has 2 amide bonds. The van der Waals surface area contributed by atoms with Gasteiger partial charge in [-0.3, -0.25) is 0 Å². The number of carbonyl (C=O) groups is 1. The van der Waals surface area contributed by atoms with Crippen molar-refractivity contribution >= 4 is 45.0 Å². The Labute approximate surface area is 175 Å². The minimum Gasteiger partial charge on any atom is -0.383 e. The molecule has 28 heavy (non-hydrogen) atoms. The summed E-state index contributed by atoms with van der Waals surface area (Å²) < 4.78 is 27.6. The lowest BCUT2D eigenvalue weighted by molar-refractivity contribution is 0.201. The van der Waals surface area contributed by atoms with E-state index in [1.165, 1.54) is 0 Å². The molecule has 0 spiro atoms. The second-order valence-electron chi connectivity index (χ2n) is 6.76. The summed E-state index contributed by atoms with van der Waals surface area (Å²) in [6.07, 6.45) is 0.980. The molecule has 0 saturated heterocycles. The molecule has 0 saturated carbocycles. The molecular formula is C19H22Cl2N2O4S. The Morgan fingerprint density at radius 2 is 1.89 bits per heavy atom. The molecule has 0 fully saturated rings. The second kappa shape index (κ2) is 9.49. The van der Waals surface area contributed by atoms with Gasteiger partial charge in [0.25, 0.3) is 0 Å². The van der Waals surface area contributed by atoms with Crippen LogP contribution in [0.15, 0.2) is 42.5 Å². The number of nitrogens with one attached hydrogen (secondary N) is 1. The first-order chi connectivity index (χ1) is 13.0.